The second-order valence-corrected chi connectivity index (χ2v) is 5.37. The third-order valence-electron chi connectivity index (χ3n) is 2.88. The van der Waals surface area contributed by atoms with Gasteiger partial charge in [-0.05, 0) is 46.1 Å². The summed E-state index contributed by atoms with van der Waals surface area (Å²) in [5.74, 6) is 0. The molecular formula is C15H13BrF3N. The van der Waals surface area contributed by atoms with Crippen molar-refractivity contribution in [2.75, 3.05) is 5.32 Å². The van der Waals surface area contributed by atoms with Crippen LogP contribution in [0, 0.1) is 6.92 Å². The van der Waals surface area contributed by atoms with Crippen LogP contribution in [0.2, 0.25) is 0 Å². The normalized spacial score (nSPS) is 13.1. The highest BCUT2D eigenvalue weighted by molar-refractivity contribution is 9.10. The lowest BCUT2D eigenvalue weighted by atomic mass is 10.1. The second kappa shape index (κ2) is 5.87. The van der Waals surface area contributed by atoms with Gasteiger partial charge in [0.25, 0.3) is 0 Å². The predicted octanol–water partition coefficient (Wildman–Crippen LogP) is 5.47. The first-order valence-corrected chi connectivity index (χ1v) is 6.81. The fourth-order valence-corrected chi connectivity index (χ4v) is 2.50. The molecule has 0 aromatic heterocycles. The quantitative estimate of drug-likeness (QED) is 0.778. The lowest BCUT2D eigenvalue weighted by Crippen LogP contribution is -2.28. The first-order valence-electron chi connectivity index (χ1n) is 6.02. The summed E-state index contributed by atoms with van der Waals surface area (Å²) in [5, 5.41) is 2.56. The largest absolute Gasteiger partial charge is 0.412 e. The molecule has 20 heavy (non-hydrogen) atoms. The zero-order valence-electron chi connectivity index (χ0n) is 10.7. The van der Waals surface area contributed by atoms with Gasteiger partial charge in [0.1, 0.15) is 6.04 Å². The number of nitrogens with one attached hydrogen (secondary N) is 1. The van der Waals surface area contributed by atoms with Crippen molar-refractivity contribution < 1.29 is 13.2 Å². The van der Waals surface area contributed by atoms with E-state index in [-0.39, 0.29) is 5.56 Å². The Kier molecular flexibility index (Phi) is 4.38. The van der Waals surface area contributed by atoms with Crippen LogP contribution in [0.15, 0.2) is 53.0 Å². The summed E-state index contributed by atoms with van der Waals surface area (Å²) < 4.78 is 40.3. The molecule has 2 aromatic carbocycles. The monoisotopic (exact) mass is 343 g/mol. The van der Waals surface area contributed by atoms with Crippen molar-refractivity contribution in [3.63, 3.8) is 0 Å². The Labute approximate surface area is 123 Å². The minimum atomic E-state index is -4.37. The average molecular weight is 344 g/mol. The number of anilines is 1. The minimum Gasteiger partial charge on any atom is -0.369 e. The first kappa shape index (κ1) is 14.9. The van der Waals surface area contributed by atoms with Crippen LogP contribution in [-0.2, 0) is 0 Å². The van der Waals surface area contributed by atoms with E-state index in [4.69, 9.17) is 0 Å². The lowest BCUT2D eigenvalue weighted by molar-refractivity contribution is -0.144. The maximum atomic E-state index is 13.2. The molecule has 0 aliphatic carbocycles. The van der Waals surface area contributed by atoms with Crippen molar-refractivity contribution in [3.05, 3.63) is 64.1 Å². The number of hydrogen-bond donors (Lipinski definition) is 1. The lowest BCUT2D eigenvalue weighted by Gasteiger charge is -2.23. The zero-order valence-corrected chi connectivity index (χ0v) is 12.3. The predicted molar refractivity (Wildman–Crippen MR) is 77.7 cm³/mol. The van der Waals surface area contributed by atoms with Gasteiger partial charge in [0.2, 0.25) is 0 Å². The molecule has 0 aliphatic rings. The standard InChI is InChI=1S/C15H13BrF3N/c1-10-7-8-13(12(16)9-10)20-14(15(17,18)19)11-5-3-2-4-6-11/h2-9,14,20H,1H3. The van der Waals surface area contributed by atoms with Crippen LogP contribution in [0.5, 0.6) is 0 Å². The zero-order chi connectivity index (χ0) is 14.8. The molecule has 2 rings (SSSR count). The van der Waals surface area contributed by atoms with E-state index in [0.717, 1.165) is 5.56 Å². The summed E-state index contributed by atoms with van der Waals surface area (Å²) in [7, 11) is 0. The Hall–Kier alpha value is -1.49. The average Bonchev–Trinajstić information content (AvgIpc) is 2.37. The second-order valence-electron chi connectivity index (χ2n) is 4.51. The summed E-state index contributed by atoms with van der Waals surface area (Å²) >= 11 is 3.29. The van der Waals surface area contributed by atoms with Gasteiger partial charge in [-0.3, -0.25) is 0 Å². The molecular weight excluding hydrogens is 331 g/mol. The van der Waals surface area contributed by atoms with E-state index in [1.54, 1.807) is 36.4 Å². The fraction of sp³-hybridized carbons (Fsp3) is 0.200. The van der Waals surface area contributed by atoms with Gasteiger partial charge in [-0.2, -0.15) is 13.2 Å². The van der Waals surface area contributed by atoms with Crippen molar-refractivity contribution in [3.8, 4) is 0 Å². The van der Waals surface area contributed by atoms with Crippen molar-refractivity contribution in [1.29, 1.82) is 0 Å². The molecule has 1 atom stereocenters. The Morgan fingerprint density at radius 3 is 2.25 bits per heavy atom. The molecule has 0 aliphatic heterocycles. The molecule has 0 heterocycles. The van der Waals surface area contributed by atoms with Crippen LogP contribution in [0.3, 0.4) is 0 Å². The first-order chi connectivity index (χ1) is 9.38. The molecule has 0 amide bonds. The van der Waals surface area contributed by atoms with Crippen molar-refractivity contribution in [2.45, 2.75) is 19.1 Å². The molecule has 0 spiro atoms. The van der Waals surface area contributed by atoms with Gasteiger partial charge in [0.05, 0.1) is 0 Å². The van der Waals surface area contributed by atoms with Crippen LogP contribution < -0.4 is 5.32 Å². The SMILES string of the molecule is Cc1ccc(NC(c2ccccc2)C(F)(F)F)c(Br)c1. The molecule has 2 aromatic rings. The van der Waals surface area contributed by atoms with Gasteiger partial charge in [0.15, 0.2) is 0 Å². The summed E-state index contributed by atoms with van der Waals surface area (Å²) in [6.07, 6.45) is -4.37. The van der Waals surface area contributed by atoms with Gasteiger partial charge in [-0.15, -0.1) is 0 Å². The Bertz CT molecular complexity index is 581. The molecule has 1 N–H and O–H groups in total. The number of halogens is 4. The van der Waals surface area contributed by atoms with E-state index >= 15 is 0 Å². The molecule has 0 saturated carbocycles. The topological polar surface area (TPSA) is 12.0 Å². The number of hydrogen-bond acceptors (Lipinski definition) is 1. The summed E-state index contributed by atoms with van der Waals surface area (Å²) in [5.41, 5.74) is 1.58. The smallest absolute Gasteiger partial charge is 0.369 e. The van der Waals surface area contributed by atoms with E-state index in [9.17, 15) is 13.2 Å². The molecule has 1 nitrogen and oxygen atoms in total. The summed E-state index contributed by atoms with van der Waals surface area (Å²) in [6, 6.07) is 11.3. The number of alkyl halides is 3. The molecule has 0 radical (unpaired) electrons. The van der Waals surface area contributed by atoms with Crippen LogP contribution in [0.1, 0.15) is 17.2 Å². The van der Waals surface area contributed by atoms with E-state index in [1.165, 1.54) is 12.1 Å². The molecule has 0 bridgehead atoms. The molecule has 106 valence electrons. The Morgan fingerprint density at radius 1 is 1.05 bits per heavy atom. The van der Waals surface area contributed by atoms with Gasteiger partial charge in [-0.25, -0.2) is 0 Å². The molecule has 0 fully saturated rings. The highest BCUT2D eigenvalue weighted by atomic mass is 79.9. The summed E-state index contributed by atoms with van der Waals surface area (Å²) in [6.45, 7) is 1.88. The van der Waals surface area contributed by atoms with Crippen molar-refractivity contribution >= 4 is 21.6 Å². The fourth-order valence-electron chi connectivity index (χ4n) is 1.89. The van der Waals surface area contributed by atoms with Gasteiger partial charge >= 0.3 is 6.18 Å². The van der Waals surface area contributed by atoms with Gasteiger partial charge in [-0.1, -0.05) is 36.4 Å². The maximum Gasteiger partial charge on any atom is 0.412 e. The van der Waals surface area contributed by atoms with Crippen molar-refractivity contribution in [2.24, 2.45) is 0 Å². The minimum absolute atomic E-state index is 0.187. The number of benzene rings is 2. The van der Waals surface area contributed by atoms with Crippen molar-refractivity contribution in [1.82, 2.24) is 0 Å². The van der Waals surface area contributed by atoms with Crippen LogP contribution >= 0.6 is 15.9 Å². The molecule has 5 heteroatoms. The van der Waals surface area contributed by atoms with Crippen LogP contribution in [0.25, 0.3) is 0 Å². The van der Waals surface area contributed by atoms with E-state index in [2.05, 4.69) is 21.2 Å². The van der Waals surface area contributed by atoms with E-state index in [1.807, 2.05) is 6.92 Å². The third kappa shape index (κ3) is 3.54. The van der Waals surface area contributed by atoms with Crippen LogP contribution in [-0.4, -0.2) is 6.18 Å². The van der Waals surface area contributed by atoms with E-state index in [0.29, 0.717) is 10.2 Å². The Balaban J connectivity index is 2.34. The highest BCUT2D eigenvalue weighted by Crippen LogP contribution is 2.37. The van der Waals surface area contributed by atoms with E-state index < -0.39 is 12.2 Å². The third-order valence-corrected chi connectivity index (χ3v) is 3.54. The van der Waals surface area contributed by atoms with Gasteiger partial charge < -0.3 is 5.32 Å². The highest BCUT2D eigenvalue weighted by Gasteiger charge is 2.41. The van der Waals surface area contributed by atoms with Crippen LogP contribution in [0.4, 0.5) is 18.9 Å². The maximum absolute atomic E-state index is 13.2. The Morgan fingerprint density at radius 2 is 1.70 bits per heavy atom. The number of aryl methyl sites for hydroxylation is 1. The number of rotatable bonds is 3. The molecule has 0 saturated heterocycles. The van der Waals surface area contributed by atoms with Gasteiger partial charge in [0, 0.05) is 10.2 Å². The summed E-state index contributed by atoms with van der Waals surface area (Å²) in [4.78, 5) is 0. The molecule has 1 unspecified atom stereocenters.